The molecule has 0 spiro atoms. The first-order valence-corrected chi connectivity index (χ1v) is 4.59. The average molecular weight is 179 g/mol. The van der Waals surface area contributed by atoms with Crippen molar-refractivity contribution in [3.63, 3.8) is 0 Å². The lowest BCUT2D eigenvalue weighted by Gasteiger charge is -2.25. The van der Waals surface area contributed by atoms with Gasteiger partial charge in [-0.2, -0.15) is 0 Å². The van der Waals surface area contributed by atoms with Crippen molar-refractivity contribution in [2.75, 3.05) is 13.1 Å². The van der Waals surface area contributed by atoms with Crippen molar-refractivity contribution in [2.45, 2.75) is 19.9 Å². The summed E-state index contributed by atoms with van der Waals surface area (Å²) < 4.78 is 0. The Kier molecular flexibility index (Phi) is 2.14. The van der Waals surface area contributed by atoms with Crippen LogP contribution in [-0.2, 0) is 13.0 Å². The fourth-order valence-corrected chi connectivity index (χ4v) is 1.69. The van der Waals surface area contributed by atoms with Crippen LogP contribution in [0, 0.1) is 0 Å². The number of H-pyrrole nitrogens is 1. The van der Waals surface area contributed by atoms with Gasteiger partial charge in [-0.3, -0.25) is 9.69 Å². The minimum absolute atomic E-state index is 0.0285. The third-order valence-corrected chi connectivity index (χ3v) is 2.54. The maximum atomic E-state index is 11.3. The lowest BCUT2D eigenvalue weighted by molar-refractivity contribution is 0.262. The quantitative estimate of drug-likeness (QED) is 0.667. The van der Waals surface area contributed by atoms with Crippen LogP contribution in [0.25, 0.3) is 0 Å². The Hall–Kier alpha value is -1.16. The highest BCUT2D eigenvalue weighted by atomic mass is 16.1. The molecule has 4 nitrogen and oxygen atoms in total. The van der Waals surface area contributed by atoms with E-state index < -0.39 is 0 Å². The van der Waals surface area contributed by atoms with E-state index in [2.05, 4.69) is 21.8 Å². The summed E-state index contributed by atoms with van der Waals surface area (Å²) in [4.78, 5) is 20.4. The van der Waals surface area contributed by atoms with Crippen molar-refractivity contribution >= 4 is 0 Å². The van der Waals surface area contributed by atoms with Crippen LogP contribution >= 0.6 is 0 Å². The van der Waals surface area contributed by atoms with E-state index in [0.717, 1.165) is 37.3 Å². The van der Waals surface area contributed by atoms with E-state index in [4.69, 9.17) is 0 Å². The molecule has 0 aromatic carbocycles. The monoisotopic (exact) mass is 179 g/mol. The fourth-order valence-electron chi connectivity index (χ4n) is 1.69. The zero-order valence-electron chi connectivity index (χ0n) is 7.71. The molecule has 0 atom stereocenters. The van der Waals surface area contributed by atoms with Crippen molar-refractivity contribution in [2.24, 2.45) is 0 Å². The molecule has 0 radical (unpaired) electrons. The predicted octanol–water partition coefficient (Wildman–Crippen LogP) is 0.148. The molecule has 1 aliphatic heterocycles. The second-order valence-corrected chi connectivity index (χ2v) is 3.28. The summed E-state index contributed by atoms with van der Waals surface area (Å²) >= 11 is 0. The molecule has 2 rings (SSSR count). The van der Waals surface area contributed by atoms with Gasteiger partial charge in [0.1, 0.15) is 0 Å². The van der Waals surface area contributed by atoms with E-state index in [0.29, 0.717) is 0 Å². The number of fused-ring (bicyclic) bond motifs is 1. The highest BCUT2D eigenvalue weighted by molar-refractivity contribution is 5.18. The van der Waals surface area contributed by atoms with Gasteiger partial charge < -0.3 is 4.98 Å². The SMILES string of the molecule is CCN1CCc2c(nc[nH]c2=O)C1. The number of rotatable bonds is 1. The van der Waals surface area contributed by atoms with Crippen LogP contribution in [0.4, 0.5) is 0 Å². The molecule has 1 N–H and O–H groups in total. The molecule has 1 aliphatic rings. The van der Waals surface area contributed by atoms with Gasteiger partial charge >= 0.3 is 0 Å². The Labute approximate surface area is 76.6 Å². The lowest BCUT2D eigenvalue weighted by Crippen LogP contribution is -2.34. The first kappa shape index (κ1) is 8.44. The number of hydrogen-bond acceptors (Lipinski definition) is 3. The van der Waals surface area contributed by atoms with Crippen LogP contribution in [0.2, 0.25) is 0 Å². The molecule has 1 aromatic heterocycles. The molecule has 70 valence electrons. The average Bonchev–Trinajstić information content (AvgIpc) is 2.18. The van der Waals surface area contributed by atoms with Crippen molar-refractivity contribution in [3.05, 3.63) is 27.9 Å². The number of likely N-dealkylation sites (N-methyl/N-ethyl adjacent to an activating group) is 1. The van der Waals surface area contributed by atoms with Gasteiger partial charge in [0.15, 0.2) is 0 Å². The van der Waals surface area contributed by atoms with Crippen molar-refractivity contribution < 1.29 is 0 Å². The molecule has 0 fully saturated rings. The smallest absolute Gasteiger partial charge is 0.254 e. The normalized spacial score (nSPS) is 17.0. The standard InChI is InChI=1S/C9H13N3O/c1-2-12-4-3-7-8(5-12)10-6-11-9(7)13/h6H,2-5H2,1H3,(H,10,11,13). The van der Waals surface area contributed by atoms with Crippen LogP contribution in [0.1, 0.15) is 18.2 Å². The summed E-state index contributed by atoms with van der Waals surface area (Å²) in [5, 5.41) is 0. The number of aromatic nitrogens is 2. The molecule has 4 heteroatoms. The molecule has 0 saturated carbocycles. The number of hydrogen-bond donors (Lipinski definition) is 1. The van der Waals surface area contributed by atoms with Crippen molar-refractivity contribution in [3.8, 4) is 0 Å². The Morgan fingerprint density at radius 3 is 3.31 bits per heavy atom. The van der Waals surface area contributed by atoms with Gasteiger partial charge in [0, 0.05) is 18.7 Å². The zero-order valence-corrected chi connectivity index (χ0v) is 7.71. The maximum Gasteiger partial charge on any atom is 0.254 e. The second kappa shape index (κ2) is 3.30. The molecular formula is C9H13N3O. The predicted molar refractivity (Wildman–Crippen MR) is 49.5 cm³/mol. The molecule has 1 aromatic rings. The van der Waals surface area contributed by atoms with Crippen LogP contribution in [0.15, 0.2) is 11.1 Å². The molecule has 0 bridgehead atoms. The minimum Gasteiger partial charge on any atom is -0.313 e. The van der Waals surface area contributed by atoms with E-state index in [1.54, 1.807) is 0 Å². The van der Waals surface area contributed by atoms with Gasteiger partial charge in [-0.1, -0.05) is 6.92 Å². The van der Waals surface area contributed by atoms with Crippen LogP contribution < -0.4 is 5.56 Å². The van der Waals surface area contributed by atoms with Crippen molar-refractivity contribution in [1.29, 1.82) is 0 Å². The molecule has 0 amide bonds. The molecule has 0 saturated heterocycles. The van der Waals surface area contributed by atoms with Gasteiger partial charge in [-0.25, -0.2) is 4.98 Å². The van der Waals surface area contributed by atoms with E-state index in [1.165, 1.54) is 6.33 Å². The van der Waals surface area contributed by atoms with Crippen LogP contribution in [0.3, 0.4) is 0 Å². The van der Waals surface area contributed by atoms with Crippen LogP contribution in [-0.4, -0.2) is 28.0 Å². The molecule has 2 heterocycles. The summed E-state index contributed by atoms with van der Waals surface area (Å²) in [6, 6.07) is 0. The Morgan fingerprint density at radius 2 is 2.54 bits per heavy atom. The summed E-state index contributed by atoms with van der Waals surface area (Å²) in [7, 11) is 0. The van der Waals surface area contributed by atoms with Gasteiger partial charge in [0.2, 0.25) is 0 Å². The number of nitrogens with zero attached hydrogens (tertiary/aromatic N) is 2. The number of nitrogens with one attached hydrogen (secondary N) is 1. The van der Waals surface area contributed by atoms with E-state index in [9.17, 15) is 4.79 Å². The van der Waals surface area contributed by atoms with Crippen molar-refractivity contribution in [1.82, 2.24) is 14.9 Å². The highest BCUT2D eigenvalue weighted by Crippen LogP contribution is 2.11. The summed E-state index contributed by atoms with van der Waals surface area (Å²) in [5.41, 5.74) is 1.84. The van der Waals surface area contributed by atoms with Gasteiger partial charge in [0.25, 0.3) is 5.56 Å². The first-order valence-electron chi connectivity index (χ1n) is 4.59. The lowest BCUT2D eigenvalue weighted by atomic mass is 10.1. The maximum absolute atomic E-state index is 11.3. The highest BCUT2D eigenvalue weighted by Gasteiger charge is 2.17. The van der Waals surface area contributed by atoms with Gasteiger partial charge in [-0.15, -0.1) is 0 Å². The zero-order chi connectivity index (χ0) is 9.26. The van der Waals surface area contributed by atoms with E-state index in [-0.39, 0.29) is 5.56 Å². The molecule has 13 heavy (non-hydrogen) atoms. The van der Waals surface area contributed by atoms with Gasteiger partial charge in [0.05, 0.1) is 12.0 Å². The third kappa shape index (κ3) is 1.49. The molecule has 0 aliphatic carbocycles. The number of aromatic amines is 1. The topological polar surface area (TPSA) is 49.0 Å². The Bertz CT molecular complexity index is 358. The Balaban J connectivity index is 2.36. The minimum atomic E-state index is 0.0285. The first-order chi connectivity index (χ1) is 6.31. The van der Waals surface area contributed by atoms with E-state index in [1.807, 2.05) is 0 Å². The summed E-state index contributed by atoms with van der Waals surface area (Å²) in [5.74, 6) is 0. The van der Waals surface area contributed by atoms with Gasteiger partial charge in [-0.05, 0) is 13.0 Å². The Morgan fingerprint density at radius 1 is 1.69 bits per heavy atom. The largest absolute Gasteiger partial charge is 0.313 e. The van der Waals surface area contributed by atoms with E-state index >= 15 is 0 Å². The summed E-state index contributed by atoms with van der Waals surface area (Å²) in [6.07, 6.45) is 2.31. The van der Waals surface area contributed by atoms with Crippen LogP contribution in [0.5, 0.6) is 0 Å². The molecular weight excluding hydrogens is 166 g/mol. The summed E-state index contributed by atoms with van der Waals surface area (Å²) in [6.45, 7) is 4.93. The fraction of sp³-hybridized carbons (Fsp3) is 0.556. The molecule has 0 unspecified atom stereocenters. The second-order valence-electron chi connectivity index (χ2n) is 3.28. The third-order valence-electron chi connectivity index (χ3n) is 2.54.